The Labute approximate surface area is 145 Å². The van der Waals surface area contributed by atoms with Crippen LogP contribution in [0.4, 0.5) is 8.78 Å². The largest absolute Gasteiger partial charge is 0.368 e. The molecule has 2 heterocycles. The van der Waals surface area contributed by atoms with Crippen LogP contribution in [-0.4, -0.2) is 47.3 Å². The maximum atomic E-state index is 13.4. The number of carbonyl (C=O) groups is 2. The summed E-state index contributed by atoms with van der Waals surface area (Å²) in [5.41, 5.74) is 5.86. The molecule has 1 atom stereocenters. The maximum Gasteiger partial charge on any atom is 0.234 e. The van der Waals surface area contributed by atoms with Gasteiger partial charge in [-0.3, -0.25) is 14.5 Å². The lowest BCUT2D eigenvalue weighted by atomic mass is 9.77. The van der Waals surface area contributed by atoms with Crippen LogP contribution in [-0.2, 0) is 16.1 Å². The van der Waals surface area contributed by atoms with Crippen molar-refractivity contribution in [2.45, 2.75) is 38.8 Å². The van der Waals surface area contributed by atoms with Crippen LogP contribution in [0, 0.1) is 17.0 Å². The smallest absolute Gasteiger partial charge is 0.234 e. The molecule has 2 N–H and O–H groups in total. The van der Waals surface area contributed by atoms with Gasteiger partial charge >= 0.3 is 0 Å². The summed E-state index contributed by atoms with van der Waals surface area (Å²) < 4.78 is 26.4. The molecule has 0 aromatic heterocycles. The van der Waals surface area contributed by atoms with E-state index >= 15 is 0 Å². The predicted octanol–water partition coefficient (Wildman–Crippen LogP) is 1.65. The zero-order valence-electron chi connectivity index (χ0n) is 14.3. The van der Waals surface area contributed by atoms with Crippen LogP contribution < -0.4 is 5.73 Å². The van der Waals surface area contributed by atoms with Gasteiger partial charge in [0, 0.05) is 19.5 Å². The molecule has 7 heteroatoms. The van der Waals surface area contributed by atoms with E-state index in [1.54, 1.807) is 11.8 Å². The Morgan fingerprint density at radius 2 is 1.96 bits per heavy atom. The van der Waals surface area contributed by atoms with Gasteiger partial charge in [-0.2, -0.15) is 0 Å². The van der Waals surface area contributed by atoms with Gasteiger partial charge in [0.15, 0.2) is 11.6 Å². The van der Waals surface area contributed by atoms with Crippen molar-refractivity contribution < 1.29 is 18.4 Å². The zero-order chi connectivity index (χ0) is 18.2. The quantitative estimate of drug-likeness (QED) is 0.897. The fourth-order valence-corrected chi connectivity index (χ4v) is 3.88. The molecule has 2 aliphatic heterocycles. The number of likely N-dealkylation sites (tertiary alicyclic amines) is 2. The van der Waals surface area contributed by atoms with Gasteiger partial charge in [0.1, 0.15) is 0 Å². The highest BCUT2D eigenvalue weighted by atomic mass is 19.2. The molecule has 0 aliphatic carbocycles. The summed E-state index contributed by atoms with van der Waals surface area (Å²) in [6.45, 7) is 4.17. The van der Waals surface area contributed by atoms with E-state index in [2.05, 4.69) is 4.90 Å². The van der Waals surface area contributed by atoms with E-state index in [1.807, 2.05) is 0 Å². The monoisotopic (exact) mass is 351 g/mol. The number of primary amides is 1. The Hall–Kier alpha value is -2.02. The molecule has 1 aromatic carbocycles. The second kappa shape index (κ2) is 6.71. The predicted molar refractivity (Wildman–Crippen MR) is 88.3 cm³/mol. The second-order valence-electron chi connectivity index (χ2n) is 7.29. The van der Waals surface area contributed by atoms with Gasteiger partial charge in [-0.1, -0.05) is 6.07 Å². The van der Waals surface area contributed by atoms with Gasteiger partial charge < -0.3 is 10.6 Å². The molecule has 2 saturated heterocycles. The molecular formula is C18H23F2N3O2. The fourth-order valence-electron chi connectivity index (χ4n) is 3.88. The summed E-state index contributed by atoms with van der Waals surface area (Å²) in [6, 6.07) is 3.44. The Kier molecular flexibility index (Phi) is 4.77. The lowest BCUT2D eigenvalue weighted by molar-refractivity contribution is -0.128. The summed E-state index contributed by atoms with van der Waals surface area (Å²) in [6.07, 6.45) is 2.12. The number of hydrogen-bond acceptors (Lipinski definition) is 3. The number of carbonyl (C=O) groups excluding carboxylic acids is 2. The molecule has 3 rings (SSSR count). The van der Waals surface area contributed by atoms with E-state index in [1.165, 1.54) is 6.07 Å². The number of nitrogens with zero attached hydrogens (tertiary/aromatic N) is 2. The van der Waals surface area contributed by atoms with Crippen molar-refractivity contribution in [2.75, 3.05) is 19.6 Å². The number of rotatable bonds is 4. The number of halogens is 2. The third-order valence-corrected chi connectivity index (χ3v) is 5.58. The van der Waals surface area contributed by atoms with Gasteiger partial charge in [-0.25, -0.2) is 8.78 Å². The van der Waals surface area contributed by atoms with Gasteiger partial charge in [0.05, 0.1) is 6.04 Å². The van der Waals surface area contributed by atoms with E-state index in [-0.39, 0.29) is 23.3 Å². The number of piperidine rings is 1. The van der Waals surface area contributed by atoms with Gasteiger partial charge in [0.25, 0.3) is 0 Å². The molecule has 0 bridgehead atoms. The number of hydrogen-bond donors (Lipinski definition) is 1. The van der Waals surface area contributed by atoms with Crippen molar-refractivity contribution in [3.8, 4) is 0 Å². The van der Waals surface area contributed by atoms with Crippen LogP contribution >= 0.6 is 0 Å². The van der Waals surface area contributed by atoms with Crippen LogP contribution in [0.2, 0.25) is 0 Å². The van der Waals surface area contributed by atoms with E-state index in [4.69, 9.17) is 5.73 Å². The van der Waals surface area contributed by atoms with Crippen molar-refractivity contribution in [2.24, 2.45) is 11.1 Å². The van der Waals surface area contributed by atoms with Crippen molar-refractivity contribution in [1.82, 2.24) is 9.80 Å². The van der Waals surface area contributed by atoms with Gasteiger partial charge in [0.2, 0.25) is 11.8 Å². The highest BCUT2D eigenvalue weighted by Crippen LogP contribution is 2.41. The minimum atomic E-state index is -0.896. The van der Waals surface area contributed by atoms with Crippen molar-refractivity contribution >= 4 is 11.8 Å². The van der Waals surface area contributed by atoms with Crippen LogP contribution in [0.5, 0.6) is 0 Å². The maximum absolute atomic E-state index is 13.4. The van der Waals surface area contributed by atoms with Crippen LogP contribution in [0.15, 0.2) is 18.2 Å². The third-order valence-electron chi connectivity index (χ3n) is 5.58. The van der Waals surface area contributed by atoms with Crippen LogP contribution in [0.3, 0.4) is 0 Å². The average Bonchev–Trinajstić information content (AvgIpc) is 2.86. The minimum Gasteiger partial charge on any atom is -0.368 e. The van der Waals surface area contributed by atoms with E-state index in [0.717, 1.165) is 38.1 Å². The molecule has 136 valence electrons. The molecule has 0 saturated carbocycles. The number of benzene rings is 1. The highest BCUT2D eigenvalue weighted by Gasteiger charge is 2.45. The summed E-state index contributed by atoms with van der Waals surface area (Å²) in [5, 5.41) is 0. The normalized spacial score (nSPS) is 21.7. The average molecular weight is 351 g/mol. The molecule has 1 spiro atoms. The van der Waals surface area contributed by atoms with Gasteiger partial charge in [-0.15, -0.1) is 0 Å². The first kappa shape index (κ1) is 17.8. The lowest BCUT2D eigenvalue weighted by Crippen LogP contribution is -2.49. The van der Waals surface area contributed by atoms with Crippen molar-refractivity contribution in [3.63, 3.8) is 0 Å². The Balaban J connectivity index is 1.63. The van der Waals surface area contributed by atoms with Crippen LogP contribution in [0.25, 0.3) is 0 Å². The molecule has 1 unspecified atom stereocenters. The Bertz CT molecular complexity index is 687. The lowest BCUT2D eigenvalue weighted by Gasteiger charge is -2.40. The molecule has 2 aliphatic rings. The molecule has 2 amide bonds. The second-order valence-corrected chi connectivity index (χ2v) is 7.29. The number of amides is 2. The summed E-state index contributed by atoms with van der Waals surface area (Å²) in [4.78, 5) is 27.5. The SMILES string of the molecule is CC(C(N)=O)N1CCC2(CC1)CC(=O)N(Cc1ccc(F)c(F)c1)C2. The molecule has 25 heavy (non-hydrogen) atoms. The van der Waals surface area contributed by atoms with E-state index in [0.29, 0.717) is 25.1 Å². The summed E-state index contributed by atoms with van der Waals surface area (Å²) >= 11 is 0. The number of nitrogens with two attached hydrogens (primary N) is 1. The summed E-state index contributed by atoms with van der Waals surface area (Å²) in [5.74, 6) is -2.07. The Morgan fingerprint density at radius 1 is 1.28 bits per heavy atom. The van der Waals surface area contributed by atoms with Gasteiger partial charge in [-0.05, 0) is 56.0 Å². The van der Waals surface area contributed by atoms with Crippen molar-refractivity contribution in [3.05, 3.63) is 35.4 Å². The van der Waals surface area contributed by atoms with E-state index < -0.39 is 11.6 Å². The zero-order valence-corrected chi connectivity index (χ0v) is 14.3. The first-order valence-corrected chi connectivity index (χ1v) is 8.55. The molecule has 2 fully saturated rings. The fraction of sp³-hybridized carbons (Fsp3) is 0.556. The summed E-state index contributed by atoms with van der Waals surface area (Å²) in [7, 11) is 0. The standard InChI is InChI=1S/C18H23F2N3O2/c1-12(17(21)25)22-6-4-18(5-7-22)9-16(24)23(11-18)10-13-2-3-14(19)15(20)8-13/h2-3,8,12H,4-7,9-11H2,1H3,(H2,21,25). The van der Waals surface area contributed by atoms with Crippen molar-refractivity contribution in [1.29, 1.82) is 0 Å². The topological polar surface area (TPSA) is 66.6 Å². The Morgan fingerprint density at radius 3 is 2.56 bits per heavy atom. The third kappa shape index (κ3) is 3.66. The first-order valence-electron chi connectivity index (χ1n) is 8.55. The minimum absolute atomic E-state index is 0.0427. The molecular weight excluding hydrogens is 328 g/mol. The first-order chi connectivity index (χ1) is 11.8. The molecule has 0 radical (unpaired) electrons. The highest BCUT2D eigenvalue weighted by molar-refractivity contribution is 5.80. The molecule has 5 nitrogen and oxygen atoms in total. The van der Waals surface area contributed by atoms with E-state index in [9.17, 15) is 18.4 Å². The molecule has 1 aromatic rings. The van der Waals surface area contributed by atoms with Crippen LogP contribution in [0.1, 0.15) is 31.7 Å².